The van der Waals surface area contributed by atoms with E-state index < -0.39 is 17.4 Å². The molecule has 2 aromatic carbocycles. The Balaban J connectivity index is 2.40. The summed E-state index contributed by atoms with van der Waals surface area (Å²) in [5.41, 5.74) is -0.199. The lowest BCUT2D eigenvalue weighted by atomic mass is 10.0. The number of carboxylic acids is 1. The van der Waals surface area contributed by atoms with Crippen molar-refractivity contribution in [2.75, 3.05) is 5.23 Å². The van der Waals surface area contributed by atoms with Gasteiger partial charge in [-0.05, 0) is 23.8 Å². The maximum Gasteiger partial charge on any atom is 0.338 e. The van der Waals surface area contributed by atoms with Crippen molar-refractivity contribution in [3.8, 4) is 0 Å². The first-order valence-electron chi connectivity index (χ1n) is 6.32. The molecular weight excluding hydrogens is 286 g/mol. The predicted molar refractivity (Wildman–Crippen MR) is 79.3 cm³/mol. The fourth-order valence-electron chi connectivity index (χ4n) is 1.96. The van der Waals surface area contributed by atoms with Crippen molar-refractivity contribution in [1.82, 2.24) is 0 Å². The van der Waals surface area contributed by atoms with Crippen LogP contribution < -0.4 is 5.23 Å². The molecule has 2 rings (SSSR count). The van der Waals surface area contributed by atoms with Crippen molar-refractivity contribution in [1.29, 1.82) is 0 Å². The summed E-state index contributed by atoms with van der Waals surface area (Å²) in [4.78, 5) is 23.3. The summed E-state index contributed by atoms with van der Waals surface area (Å²) in [5.74, 6) is -1.92. The molecule has 6 nitrogen and oxygen atoms in total. The standard InChI is InChI=1S/C16H13NO5/c18-14(10-9-11-5-2-1-3-6-11)12-7-4-8-13(16(19)20)15(12)17(21)22/h1-10,21-22H,(H,19,20). The third kappa shape index (κ3) is 3.38. The van der Waals surface area contributed by atoms with Gasteiger partial charge in [0.25, 0.3) is 0 Å². The fourth-order valence-corrected chi connectivity index (χ4v) is 1.96. The molecule has 0 aliphatic rings. The summed E-state index contributed by atoms with van der Waals surface area (Å²) >= 11 is 0. The van der Waals surface area contributed by atoms with E-state index in [1.807, 2.05) is 18.2 Å². The molecule has 3 N–H and O–H groups in total. The number of carbonyl (C=O) groups is 2. The van der Waals surface area contributed by atoms with E-state index in [0.29, 0.717) is 0 Å². The zero-order chi connectivity index (χ0) is 16.1. The Morgan fingerprint density at radius 2 is 1.55 bits per heavy atom. The Labute approximate surface area is 126 Å². The zero-order valence-corrected chi connectivity index (χ0v) is 11.4. The Hall–Kier alpha value is -2.96. The molecule has 22 heavy (non-hydrogen) atoms. The quantitative estimate of drug-likeness (QED) is 0.446. The maximum absolute atomic E-state index is 12.2. The largest absolute Gasteiger partial charge is 0.478 e. The number of carbonyl (C=O) groups excluding carboxylic acids is 1. The van der Waals surface area contributed by atoms with Gasteiger partial charge in [-0.1, -0.05) is 42.5 Å². The van der Waals surface area contributed by atoms with Gasteiger partial charge in [-0.2, -0.15) is 0 Å². The average molecular weight is 299 g/mol. The first kappa shape index (κ1) is 15.4. The number of hydrogen-bond donors (Lipinski definition) is 3. The normalized spacial score (nSPS) is 10.6. The highest BCUT2D eigenvalue weighted by atomic mass is 16.8. The number of ketones is 1. The highest BCUT2D eigenvalue weighted by Gasteiger charge is 2.21. The van der Waals surface area contributed by atoms with Gasteiger partial charge in [0.15, 0.2) is 5.78 Å². The lowest BCUT2D eigenvalue weighted by molar-refractivity contribution is 0.0272. The summed E-state index contributed by atoms with van der Waals surface area (Å²) in [6, 6.07) is 12.9. The number of para-hydroxylation sites is 1. The number of hydrogen-bond acceptors (Lipinski definition) is 5. The lowest BCUT2D eigenvalue weighted by Gasteiger charge is -2.14. The minimum absolute atomic E-state index is 0.128. The first-order valence-corrected chi connectivity index (χ1v) is 6.32. The molecule has 0 atom stereocenters. The van der Waals surface area contributed by atoms with Gasteiger partial charge >= 0.3 is 5.97 Å². The van der Waals surface area contributed by atoms with Crippen LogP contribution >= 0.6 is 0 Å². The maximum atomic E-state index is 12.2. The molecule has 0 heterocycles. The van der Waals surface area contributed by atoms with Gasteiger partial charge in [-0.25, -0.2) is 4.79 Å². The summed E-state index contributed by atoms with van der Waals surface area (Å²) in [6.45, 7) is 0. The SMILES string of the molecule is O=C(O)c1cccc(C(=O)C=Cc2ccccc2)c1N(O)O. The van der Waals surface area contributed by atoms with Crippen molar-refractivity contribution in [3.63, 3.8) is 0 Å². The second-order valence-electron chi connectivity index (χ2n) is 4.40. The van der Waals surface area contributed by atoms with Crippen LogP contribution in [0.15, 0.2) is 54.6 Å². The number of rotatable bonds is 5. The van der Waals surface area contributed by atoms with E-state index in [1.165, 1.54) is 24.3 Å². The highest BCUT2D eigenvalue weighted by molar-refractivity contribution is 6.13. The third-order valence-electron chi connectivity index (χ3n) is 2.96. The van der Waals surface area contributed by atoms with Gasteiger partial charge < -0.3 is 5.11 Å². The molecule has 2 aromatic rings. The number of aromatic carboxylic acids is 1. The van der Waals surface area contributed by atoms with Gasteiger partial charge in [0.05, 0.1) is 11.1 Å². The number of allylic oxidation sites excluding steroid dienone is 1. The molecule has 0 bridgehead atoms. The Bertz CT molecular complexity index is 723. The number of carboxylic acid groups (broad SMARTS) is 1. The molecule has 0 saturated heterocycles. The van der Waals surface area contributed by atoms with Crippen LogP contribution in [0.3, 0.4) is 0 Å². The molecule has 0 radical (unpaired) electrons. The smallest absolute Gasteiger partial charge is 0.338 e. The predicted octanol–water partition coefficient (Wildman–Crippen LogP) is 2.87. The van der Waals surface area contributed by atoms with Crippen LogP contribution in [0.2, 0.25) is 0 Å². The zero-order valence-electron chi connectivity index (χ0n) is 11.4. The fraction of sp³-hybridized carbons (Fsp3) is 0. The van der Waals surface area contributed by atoms with Crippen LogP contribution in [0, 0.1) is 0 Å². The molecule has 0 saturated carbocycles. The molecule has 0 aliphatic carbocycles. The topological polar surface area (TPSA) is 98.1 Å². The molecule has 0 aliphatic heterocycles. The lowest BCUT2D eigenvalue weighted by Crippen LogP contribution is -2.19. The van der Waals surface area contributed by atoms with E-state index in [2.05, 4.69) is 0 Å². The molecule has 0 unspecified atom stereocenters. The van der Waals surface area contributed by atoms with E-state index in [-0.39, 0.29) is 16.4 Å². The van der Waals surface area contributed by atoms with E-state index in [1.54, 1.807) is 18.2 Å². The van der Waals surface area contributed by atoms with Gasteiger partial charge in [-0.3, -0.25) is 15.2 Å². The molecule has 6 heteroatoms. The summed E-state index contributed by atoms with van der Waals surface area (Å²) in [6.07, 6.45) is 2.79. The average Bonchev–Trinajstić information content (AvgIpc) is 2.52. The third-order valence-corrected chi connectivity index (χ3v) is 2.96. The Kier molecular flexibility index (Phi) is 4.67. The number of benzene rings is 2. The van der Waals surface area contributed by atoms with Crippen molar-refractivity contribution >= 4 is 23.5 Å². The molecule has 112 valence electrons. The Morgan fingerprint density at radius 1 is 0.909 bits per heavy atom. The van der Waals surface area contributed by atoms with E-state index in [9.17, 15) is 20.0 Å². The second-order valence-corrected chi connectivity index (χ2v) is 4.40. The van der Waals surface area contributed by atoms with Gasteiger partial charge in [0.2, 0.25) is 0 Å². The van der Waals surface area contributed by atoms with Crippen LogP contribution in [-0.4, -0.2) is 27.3 Å². The molecule has 0 spiro atoms. The van der Waals surface area contributed by atoms with Crippen molar-refractivity contribution in [3.05, 3.63) is 71.3 Å². The molecular formula is C16H13NO5. The first-order chi connectivity index (χ1) is 10.5. The van der Waals surface area contributed by atoms with Crippen LogP contribution in [0.25, 0.3) is 6.08 Å². The van der Waals surface area contributed by atoms with E-state index in [0.717, 1.165) is 5.56 Å². The number of anilines is 1. The summed E-state index contributed by atoms with van der Waals surface area (Å²) < 4.78 is 0. The minimum atomic E-state index is -1.37. The van der Waals surface area contributed by atoms with Crippen LogP contribution in [0.5, 0.6) is 0 Å². The van der Waals surface area contributed by atoms with Crippen molar-refractivity contribution in [2.24, 2.45) is 0 Å². The van der Waals surface area contributed by atoms with Crippen LogP contribution in [-0.2, 0) is 0 Å². The summed E-state index contributed by atoms with van der Waals surface area (Å²) in [5, 5.41) is 27.1. The molecule has 0 aromatic heterocycles. The van der Waals surface area contributed by atoms with Crippen molar-refractivity contribution in [2.45, 2.75) is 0 Å². The Morgan fingerprint density at radius 3 is 2.14 bits per heavy atom. The van der Waals surface area contributed by atoms with Crippen LogP contribution in [0.1, 0.15) is 26.3 Å². The van der Waals surface area contributed by atoms with Gasteiger partial charge in [0, 0.05) is 0 Å². The van der Waals surface area contributed by atoms with E-state index >= 15 is 0 Å². The van der Waals surface area contributed by atoms with Crippen molar-refractivity contribution < 1.29 is 25.1 Å². The second kappa shape index (κ2) is 6.66. The summed E-state index contributed by atoms with van der Waals surface area (Å²) in [7, 11) is 0. The number of nitrogens with zero attached hydrogens (tertiary/aromatic N) is 1. The minimum Gasteiger partial charge on any atom is -0.478 e. The molecule has 0 fully saturated rings. The van der Waals surface area contributed by atoms with Crippen LogP contribution in [0.4, 0.5) is 5.69 Å². The van der Waals surface area contributed by atoms with Gasteiger partial charge in [-0.15, -0.1) is 5.23 Å². The molecule has 0 amide bonds. The monoisotopic (exact) mass is 299 g/mol. The van der Waals surface area contributed by atoms with E-state index in [4.69, 9.17) is 5.11 Å². The highest BCUT2D eigenvalue weighted by Crippen LogP contribution is 2.25. The van der Waals surface area contributed by atoms with Gasteiger partial charge in [0.1, 0.15) is 5.69 Å².